The smallest absolute Gasteiger partial charge is 0.261 e. The normalized spacial score (nSPS) is 10.9. The number of hydrogen-bond donors (Lipinski definition) is 2. The Kier molecular flexibility index (Phi) is 5.87. The van der Waals surface area contributed by atoms with Crippen molar-refractivity contribution in [3.05, 3.63) is 83.4 Å². The molecule has 3 aromatic carbocycles. The summed E-state index contributed by atoms with van der Waals surface area (Å²) in [4.78, 5) is 12.3. The van der Waals surface area contributed by atoms with Gasteiger partial charge in [-0.3, -0.25) is 9.52 Å². The highest BCUT2D eigenvalue weighted by molar-refractivity contribution is 7.92. The molecule has 0 atom stereocenters. The fourth-order valence-electron chi connectivity index (χ4n) is 2.40. The van der Waals surface area contributed by atoms with Crippen molar-refractivity contribution in [2.24, 2.45) is 0 Å². The van der Waals surface area contributed by atoms with E-state index in [0.29, 0.717) is 27.7 Å². The van der Waals surface area contributed by atoms with Crippen molar-refractivity contribution in [3.8, 4) is 5.75 Å². The minimum Gasteiger partial charge on any atom is -0.497 e. The van der Waals surface area contributed by atoms with Gasteiger partial charge in [0.15, 0.2) is 0 Å². The van der Waals surface area contributed by atoms with Crippen LogP contribution in [0.2, 0.25) is 5.02 Å². The number of sulfonamides is 1. The van der Waals surface area contributed by atoms with Crippen LogP contribution in [0.5, 0.6) is 5.75 Å². The average molecular weight is 417 g/mol. The molecular weight excluding hydrogens is 400 g/mol. The molecule has 0 aliphatic carbocycles. The number of ether oxygens (including phenoxy) is 1. The van der Waals surface area contributed by atoms with Crippen molar-refractivity contribution in [1.29, 1.82) is 0 Å². The third-order valence-corrected chi connectivity index (χ3v) is 5.52. The van der Waals surface area contributed by atoms with Crippen LogP contribution in [0.1, 0.15) is 10.4 Å². The van der Waals surface area contributed by atoms with E-state index in [-0.39, 0.29) is 10.8 Å². The van der Waals surface area contributed by atoms with E-state index >= 15 is 0 Å². The summed E-state index contributed by atoms with van der Waals surface area (Å²) < 4.78 is 32.4. The lowest BCUT2D eigenvalue weighted by molar-refractivity contribution is 0.102. The molecule has 3 aromatic rings. The van der Waals surface area contributed by atoms with E-state index in [1.807, 2.05) is 0 Å². The largest absolute Gasteiger partial charge is 0.497 e. The molecule has 0 aromatic heterocycles. The first-order valence-electron chi connectivity index (χ1n) is 8.21. The van der Waals surface area contributed by atoms with Gasteiger partial charge in [-0.2, -0.15) is 0 Å². The summed E-state index contributed by atoms with van der Waals surface area (Å²) in [5.74, 6) is 0.344. The van der Waals surface area contributed by atoms with Crippen LogP contribution in [0, 0.1) is 0 Å². The number of anilines is 2. The van der Waals surface area contributed by atoms with Gasteiger partial charge in [0.05, 0.1) is 12.0 Å². The predicted octanol–water partition coefficient (Wildman–Crippen LogP) is 4.40. The first-order valence-corrected chi connectivity index (χ1v) is 10.1. The molecule has 0 saturated carbocycles. The van der Waals surface area contributed by atoms with Crippen molar-refractivity contribution in [2.75, 3.05) is 17.1 Å². The Morgan fingerprint density at radius 3 is 2.00 bits per heavy atom. The maximum atomic E-state index is 12.5. The summed E-state index contributed by atoms with van der Waals surface area (Å²) in [5, 5.41) is 3.23. The first kappa shape index (κ1) is 19.7. The van der Waals surface area contributed by atoms with Crippen LogP contribution < -0.4 is 14.8 Å². The minimum absolute atomic E-state index is 0.0740. The summed E-state index contributed by atoms with van der Waals surface area (Å²) >= 11 is 5.80. The Balaban J connectivity index is 1.69. The highest BCUT2D eigenvalue weighted by Crippen LogP contribution is 2.20. The van der Waals surface area contributed by atoms with E-state index in [4.69, 9.17) is 16.3 Å². The van der Waals surface area contributed by atoms with Crippen LogP contribution in [0.4, 0.5) is 11.4 Å². The van der Waals surface area contributed by atoms with Gasteiger partial charge < -0.3 is 10.1 Å². The molecule has 0 bridgehead atoms. The number of amides is 1. The van der Waals surface area contributed by atoms with Crippen LogP contribution in [0.25, 0.3) is 0 Å². The molecule has 28 heavy (non-hydrogen) atoms. The topological polar surface area (TPSA) is 84.5 Å². The summed E-state index contributed by atoms with van der Waals surface area (Å²) in [7, 11) is -2.20. The second-order valence-electron chi connectivity index (χ2n) is 5.82. The van der Waals surface area contributed by atoms with E-state index in [2.05, 4.69) is 10.0 Å². The van der Waals surface area contributed by atoms with Crippen LogP contribution in [0.3, 0.4) is 0 Å². The Morgan fingerprint density at radius 1 is 0.857 bits per heavy atom. The number of carbonyl (C=O) groups is 1. The van der Waals surface area contributed by atoms with Crippen molar-refractivity contribution in [1.82, 2.24) is 0 Å². The van der Waals surface area contributed by atoms with Crippen LogP contribution in [0.15, 0.2) is 77.7 Å². The van der Waals surface area contributed by atoms with Gasteiger partial charge in [0.1, 0.15) is 5.75 Å². The van der Waals surface area contributed by atoms with E-state index < -0.39 is 10.0 Å². The second kappa shape index (κ2) is 8.33. The third kappa shape index (κ3) is 4.82. The van der Waals surface area contributed by atoms with Gasteiger partial charge in [0.25, 0.3) is 15.9 Å². The van der Waals surface area contributed by atoms with Gasteiger partial charge in [-0.15, -0.1) is 0 Å². The average Bonchev–Trinajstić information content (AvgIpc) is 2.70. The molecule has 3 rings (SSSR count). The molecule has 0 heterocycles. The van der Waals surface area contributed by atoms with Crippen LogP contribution in [-0.2, 0) is 10.0 Å². The van der Waals surface area contributed by atoms with Crippen molar-refractivity contribution >= 4 is 38.9 Å². The Bertz CT molecular complexity index is 1060. The molecule has 0 fully saturated rings. The number of benzene rings is 3. The van der Waals surface area contributed by atoms with Gasteiger partial charge in [-0.25, -0.2) is 8.42 Å². The van der Waals surface area contributed by atoms with E-state index in [1.54, 1.807) is 55.6 Å². The molecule has 2 N–H and O–H groups in total. The highest BCUT2D eigenvalue weighted by Gasteiger charge is 2.14. The van der Waals surface area contributed by atoms with Gasteiger partial charge in [-0.05, 0) is 72.8 Å². The molecule has 0 aliphatic rings. The van der Waals surface area contributed by atoms with E-state index in [0.717, 1.165) is 0 Å². The van der Waals surface area contributed by atoms with Crippen molar-refractivity contribution in [2.45, 2.75) is 4.90 Å². The number of rotatable bonds is 6. The summed E-state index contributed by atoms with van der Waals surface area (Å²) in [6.45, 7) is 0. The summed E-state index contributed by atoms with van der Waals surface area (Å²) in [6.07, 6.45) is 0. The monoisotopic (exact) mass is 416 g/mol. The zero-order valence-electron chi connectivity index (χ0n) is 14.8. The summed E-state index contributed by atoms with van der Waals surface area (Å²) in [5.41, 5.74) is 1.34. The molecule has 0 radical (unpaired) electrons. The maximum absolute atomic E-state index is 12.5. The lowest BCUT2D eigenvalue weighted by Crippen LogP contribution is -2.14. The zero-order chi connectivity index (χ0) is 20.1. The Hall–Kier alpha value is -3.03. The van der Waals surface area contributed by atoms with Crippen LogP contribution >= 0.6 is 11.6 Å². The second-order valence-corrected chi connectivity index (χ2v) is 7.94. The molecule has 6 nitrogen and oxygen atoms in total. The molecule has 0 unspecified atom stereocenters. The highest BCUT2D eigenvalue weighted by atomic mass is 35.5. The molecule has 144 valence electrons. The molecule has 0 spiro atoms. The van der Waals surface area contributed by atoms with Gasteiger partial charge in [-0.1, -0.05) is 11.6 Å². The molecule has 0 saturated heterocycles. The molecule has 0 aliphatic heterocycles. The molecule has 1 amide bonds. The minimum atomic E-state index is -3.75. The number of nitrogens with one attached hydrogen (secondary N) is 2. The van der Waals surface area contributed by atoms with E-state index in [1.165, 1.54) is 24.3 Å². The lowest BCUT2D eigenvalue weighted by atomic mass is 10.2. The fourth-order valence-corrected chi connectivity index (χ4v) is 3.58. The molecule has 8 heteroatoms. The number of methoxy groups -OCH3 is 1. The standard InChI is InChI=1S/C20H17ClN2O4S/c1-27-18-10-2-14(3-11-18)20(24)22-16-8-12-19(13-9-16)28(25,26)23-17-6-4-15(21)5-7-17/h2-13,23H,1H3,(H,22,24). The maximum Gasteiger partial charge on any atom is 0.261 e. The number of carbonyl (C=O) groups excluding carboxylic acids is 1. The van der Waals surface area contributed by atoms with Crippen LogP contribution in [-0.4, -0.2) is 21.4 Å². The summed E-state index contributed by atoms with van der Waals surface area (Å²) in [6, 6.07) is 18.9. The molecular formula is C20H17ClN2O4S. The Labute approximate surface area is 168 Å². The third-order valence-electron chi connectivity index (χ3n) is 3.87. The number of halogens is 1. The Morgan fingerprint density at radius 2 is 1.43 bits per heavy atom. The van der Waals surface area contributed by atoms with E-state index in [9.17, 15) is 13.2 Å². The zero-order valence-corrected chi connectivity index (χ0v) is 16.4. The van der Waals surface area contributed by atoms with Crippen molar-refractivity contribution < 1.29 is 17.9 Å². The fraction of sp³-hybridized carbons (Fsp3) is 0.0500. The number of hydrogen-bond acceptors (Lipinski definition) is 4. The van der Waals surface area contributed by atoms with Crippen molar-refractivity contribution in [3.63, 3.8) is 0 Å². The lowest BCUT2D eigenvalue weighted by Gasteiger charge is -2.10. The SMILES string of the molecule is COc1ccc(C(=O)Nc2ccc(S(=O)(=O)Nc3ccc(Cl)cc3)cc2)cc1. The van der Waals surface area contributed by atoms with Gasteiger partial charge in [0, 0.05) is 22.0 Å². The van der Waals surface area contributed by atoms with Gasteiger partial charge >= 0.3 is 0 Å². The van der Waals surface area contributed by atoms with Gasteiger partial charge in [0.2, 0.25) is 0 Å². The first-order chi connectivity index (χ1) is 13.4. The predicted molar refractivity (Wildman–Crippen MR) is 110 cm³/mol. The quantitative estimate of drug-likeness (QED) is 0.623.